The van der Waals surface area contributed by atoms with Crippen LogP contribution < -0.4 is 5.14 Å². The molecule has 1 aromatic rings. The number of halogens is 1. The minimum Gasteiger partial charge on any atom is -0.478 e. The number of carboxylic acids is 1. The van der Waals surface area contributed by atoms with Crippen LogP contribution in [0.4, 0.5) is 0 Å². The highest BCUT2D eigenvalue weighted by Crippen LogP contribution is 2.19. The summed E-state index contributed by atoms with van der Waals surface area (Å²) >= 11 is 3.03. The highest BCUT2D eigenvalue weighted by atomic mass is 79.9. The molecule has 0 saturated carbocycles. The molecule has 14 heavy (non-hydrogen) atoms. The molecule has 0 aliphatic carbocycles. The van der Waals surface area contributed by atoms with Gasteiger partial charge in [0, 0.05) is 4.47 Å². The highest BCUT2D eigenvalue weighted by molar-refractivity contribution is 9.10. The summed E-state index contributed by atoms with van der Waals surface area (Å²) in [7, 11) is -4.00. The lowest BCUT2D eigenvalue weighted by Gasteiger charge is -2.03. The number of primary sulfonamides is 1. The Morgan fingerprint density at radius 2 is 2.00 bits per heavy atom. The maximum absolute atomic E-state index is 11.0. The van der Waals surface area contributed by atoms with Gasteiger partial charge in [-0.25, -0.2) is 18.4 Å². The Hall–Kier alpha value is -0.920. The van der Waals surface area contributed by atoms with Crippen molar-refractivity contribution in [2.24, 2.45) is 5.14 Å². The van der Waals surface area contributed by atoms with Crippen LogP contribution in [-0.4, -0.2) is 19.5 Å². The van der Waals surface area contributed by atoms with Crippen LogP contribution in [0.15, 0.2) is 27.6 Å². The monoisotopic (exact) mass is 279 g/mol. The van der Waals surface area contributed by atoms with Crippen molar-refractivity contribution in [3.8, 4) is 0 Å². The van der Waals surface area contributed by atoms with E-state index in [0.717, 1.165) is 6.07 Å². The van der Waals surface area contributed by atoms with E-state index in [-0.39, 0.29) is 5.56 Å². The zero-order valence-electron chi connectivity index (χ0n) is 6.77. The van der Waals surface area contributed by atoms with Gasteiger partial charge in [-0.15, -0.1) is 0 Å². The first-order chi connectivity index (χ1) is 6.32. The van der Waals surface area contributed by atoms with Crippen molar-refractivity contribution < 1.29 is 18.3 Å². The number of benzene rings is 1. The molecule has 0 aliphatic rings. The molecule has 0 fully saturated rings. The predicted octanol–water partition coefficient (Wildman–Crippen LogP) is 0.795. The van der Waals surface area contributed by atoms with E-state index in [1.54, 1.807) is 0 Å². The summed E-state index contributed by atoms with van der Waals surface area (Å²) in [6.07, 6.45) is 0. The van der Waals surface area contributed by atoms with Gasteiger partial charge < -0.3 is 5.11 Å². The lowest BCUT2D eigenvalue weighted by molar-refractivity contribution is 0.0692. The van der Waals surface area contributed by atoms with Crippen LogP contribution in [0, 0.1) is 0 Å². The molecule has 0 aromatic heterocycles. The van der Waals surface area contributed by atoms with Crippen LogP contribution in [0.2, 0.25) is 0 Å². The van der Waals surface area contributed by atoms with E-state index >= 15 is 0 Å². The SMILES string of the molecule is NS(=O)(=O)c1ccc(Br)cc1C(=O)O. The van der Waals surface area contributed by atoms with Crippen LogP contribution in [0.25, 0.3) is 0 Å². The number of carbonyl (C=O) groups is 1. The van der Waals surface area contributed by atoms with Crippen molar-refractivity contribution in [2.45, 2.75) is 4.90 Å². The molecule has 0 aliphatic heterocycles. The number of rotatable bonds is 2. The molecule has 0 amide bonds. The van der Waals surface area contributed by atoms with E-state index in [1.165, 1.54) is 12.1 Å². The molecular weight excluding hydrogens is 274 g/mol. The van der Waals surface area contributed by atoms with Gasteiger partial charge in [-0.1, -0.05) is 15.9 Å². The molecule has 76 valence electrons. The summed E-state index contributed by atoms with van der Waals surface area (Å²) in [5.74, 6) is -1.34. The van der Waals surface area contributed by atoms with Gasteiger partial charge in [0.15, 0.2) is 0 Å². The van der Waals surface area contributed by atoms with Crippen LogP contribution in [0.1, 0.15) is 10.4 Å². The standard InChI is InChI=1S/C7H6BrNO4S/c8-4-1-2-6(14(9,12)13)5(3-4)7(10)11/h1-3H,(H,10,11)(H2,9,12,13). The fourth-order valence-corrected chi connectivity index (χ4v) is 1.99. The quantitative estimate of drug-likeness (QED) is 0.837. The first kappa shape index (κ1) is 11.2. The fourth-order valence-electron chi connectivity index (χ4n) is 0.917. The van der Waals surface area contributed by atoms with Gasteiger partial charge in [0.2, 0.25) is 10.0 Å². The molecular formula is C7H6BrNO4S. The molecule has 5 nitrogen and oxygen atoms in total. The van der Waals surface area contributed by atoms with Gasteiger partial charge in [-0.3, -0.25) is 0 Å². The first-order valence-electron chi connectivity index (χ1n) is 3.38. The largest absolute Gasteiger partial charge is 0.478 e. The highest BCUT2D eigenvalue weighted by Gasteiger charge is 2.18. The van der Waals surface area contributed by atoms with Gasteiger partial charge in [0.25, 0.3) is 0 Å². The molecule has 1 rings (SSSR count). The van der Waals surface area contributed by atoms with E-state index in [2.05, 4.69) is 15.9 Å². The Morgan fingerprint density at radius 1 is 1.43 bits per heavy atom. The third kappa shape index (κ3) is 2.31. The molecule has 0 heterocycles. The molecule has 0 unspecified atom stereocenters. The van der Waals surface area contributed by atoms with Crippen LogP contribution in [0.5, 0.6) is 0 Å². The molecule has 0 spiro atoms. The molecule has 0 radical (unpaired) electrons. The van der Waals surface area contributed by atoms with E-state index in [1.807, 2.05) is 0 Å². The van der Waals surface area contributed by atoms with Crippen molar-refractivity contribution in [1.82, 2.24) is 0 Å². The molecule has 0 atom stereocenters. The van der Waals surface area contributed by atoms with E-state index in [0.29, 0.717) is 4.47 Å². The van der Waals surface area contributed by atoms with Crippen LogP contribution in [0.3, 0.4) is 0 Å². The van der Waals surface area contributed by atoms with Gasteiger partial charge in [0.05, 0.1) is 10.5 Å². The second kappa shape index (κ2) is 3.68. The van der Waals surface area contributed by atoms with Crippen LogP contribution >= 0.6 is 15.9 Å². The zero-order chi connectivity index (χ0) is 10.9. The van der Waals surface area contributed by atoms with Crippen LogP contribution in [-0.2, 0) is 10.0 Å². The van der Waals surface area contributed by atoms with Crippen molar-refractivity contribution in [2.75, 3.05) is 0 Å². The summed E-state index contributed by atoms with van der Waals surface area (Å²) in [5.41, 5.74) is -0.345. The lowest BCUT2D eigenvalue weighted by Crippen LogP contribution is -2.16. The molecule has 0 bridgehead atoms. The van der Waals surface area contributed by atoms with E-state index < -0.39 is 20.9 Å². The average molecular weight is 280 g/mol. The topological polar surface area (TPSA) is 97.5 Å². The number of sulfonamides is 1. The molecule has 3 N–H and O–H groups in total. The Kier molecular flexibility index (Phi) is 2.93. The Morgan fingerprint density at radius 3 is 2.43 bits per heavy atom. The summed E-state index contributed by atoms with van der Waals surface area (Å²) in [4.78, 5) is 10.3. The van der Waals surface area contributed by atoms with Gasteiger partial charge in [-0.2, -0.15) is 0 Å². The normalized spacial score (nSPS) is 11.3. The minimum absolute atomic E-state index is 0.345. The zero-order valence-corrected chi connectivity index (χ0v) is 9.17. The maximum atomic E-state index is 11.0. The van der Waals surface area contributed by atoms with Gasteiger partial charge in [-0.05, 0) is 18.2 Å². The Balaban J connectivity index is 3.53. The summed E-state index contributed by atoms with van der Waals surface area (Å²) < 4.78 is 22.4. The fraction of sp³-hybridized carbons (Fsp3) is 0. The van der Waals surface area contributed by atoms with Gasteiger partial charge >= 0.3 is 5.97 Å². The number of nitrogens with two attached hydrogens (primary N) is 1. The number of carboxylic acid groups (broad SMARTS) is 1. The Bertz CT molecular complexity index is 482. The van der Waals surface area contributed by atoms with Crippen molar-refractivity contribution in [3.63, 3.8) is 0 Å². The third-order valence-corrected chi connectivity index (χ3v) is 2.94. The smallest absolute Gasteiger partial charge is 0.337 e. The summed E-state index contributed by atoms with van der Waals surface area (Å²) in [6, 6.07) is 3.73. The van der Waals surface area contributed by atoms with Crippen molar-refractivity contribution in [1.29, 1.82) is 0 Å². The summed E-state index contributed by atoms with van der Waals surface area (Å²) in [6.45, 7) is 0. The predicted molar refractivity (Wildman–Crippen MR) is 52.5 cm³/mol. The van der Waals surface area contributed by atoms with E-state index in [4.69, 9.17) is 10.2 Å². The number of aromatic carboxylic acids is 1. The van der Waals surface area contributed by atoms with Gasteiger partial charge in [0.1, 0.15) is 0 Å². The number of hydrogen-bond donors (Lipinski definition) is 2. The first-order valence-corrected chi connectivity index (χ1v) is 5.72. The number of hydrogen-bond acceptors (Lipinski definition) is 3. The second-order valence-corrected chi connectivity index (χ2v) is 4.94. The van der Waals surface area contributed by atoms with Crippen molar-refractivity contribution in [3.05, 3.63) is 28.2 Å². The molecule has 0 saturated heterocycles. The van der Waals surface area contributed by atoms with Crippen molar-refractivity contribution >= 4 is 31.9 Å². The summed E-state index contributed by atoms with van der Waals surface area (Å²) in [5, 5.41) is 13.6. The Labute approximate surface area is 88.7 Å². The van der Waals surface area contributed by atoms with E-state index in [9.17, 15) is 13.2 Å². The molecule has 1 aromatic carbocycles. The molecule has 7 heteroatoms. The third-order valence-electron chi connectivity index (χ3n) is 1.48. The average Bonchev–Trinajstić information content (AvgIpc) is 2.01. The maximum Gasteiger partial charge on any atom is 0.337 e. The lowest BCUT2D eigenvalue weighted by atomic mass is 10.2. The minimum atomic E-state index is -4.00. The second-order valence-electron chi connectivity index (χ2n) is 2.49.